The van der Waals surface area contributed by atoms with Crippen molar-refractivity contribution in [1.82, 2.24) is 15.0 Å². The Bertz CT molecular complexity index is 511. The van der Waals surface area contributed by atoms with Gasteiger partial charge in [-0.1, -0.05) is 43.3 Å². The number of halogens is 1. The molecule has 96 valence electrons. The Morgan fingerprint density at radius 1 is 1.17 bits per heavy atom. The van der Waals surface area contributed by atoms with Crippen molar-refractivity contribution in [3.63, 3.8) is 0 Å². The molecule has 0 spiro atoms. The van der Waals surface area contributed by atoms with Crippen molar-refractivity contribution in [3.8, 4) is 0 Å². The van der Waals surface area contributed by atoms with E-state index in [1.165, 1.54) is 5.56 Å². The minimum Gasteiger partial charge on any atom is -0.319 e. The van der Waals surface area contributed by atoms with Crippen LogP contribution in [0, 0.1) is 0 Å². The molecule has 1 aromatic heterocycles. The van der Waals surface area contributed by atoms with E-state index in [1.807, 2.05) is 7.05 Å². The van der Waals surface area contributed by atoms with E-state index in [-0.39, 0.29) is 6.04 Å². The summed E-state index contributed by atoms with van der Waals surface area (Å²) in [6.07, 6.45) is 0. The Hall–Kier alpha value is -1.20. The molecule has 0 saturated heterocycles. The van der Waals surface area contributed by atoms with Crippen molar-refractivity contribution < 1.29 is 0 Å². The van der Waals surface area contributed by atoms with Crippen LogP contribution in [0.3, 0.4) is 0 Å². The van der Waals surface area contributed by atoms with Crippen LogP contribution in [-0.4, -0.2) is 15.0 Å². The molecule has 0 saturated carbocycles. The Kier molecular flexibility index (Phi) is 3.82. The number of hydrogen-bond acceptors (Lipinski definition) is 3. The number of aryl methyl sites for hydroxylation is 1. The summed E-state index contributed by atoms with van der Waals surface area (Å²) in [4.78, 5) is 0. The van der Waals surface area contributed by atoms with E-state index in [2.05, 4.69) is 64.4 Å². The third-order valence-corrected chi connectivity index (χ3v) is 3.65. The van der Waals surface area contributed by atoms with Gasteiger partial charge in [0.25, 0.3) is 0 Å². The number of aromatic nitrogens is 3. The van der Waals surface area contributed by atoms with Gasteiger partial charge in [0.15, 0.2) is 4.60 Å². The highest BCUT2D eigenvalue weighted by molar-refractivity contribution is 9.10. The molecule has 0 amide bonds. The second-order valence-electron chi connectivity index (χ2n) is 4.69. The molecule has 2 N–H and O–H groups in total. The molecular weight excluding hydrogens is 292 g/mol. The van der Waals surface area contributed by atoms with Gasteiger partial charge in [0, 0.05) is 7.05 Å². The van der Waals surface area contributed by atoms with Crippen LogP contribution in [0.1, 0.15) is 42.6 Å². The van der Waals surface area contributed by atoms with Gasteiger partial charge in [0.2, 0.25) is 0 Å². The van der Waals surface area contributed by atoms with Crippen molar-refractivity contribution in [3.05, 3.63) is 45.7 Å². The smallest absolute Gasteiger partial charge is 0.153 e. The maximum atomic E-state index is 6.26. The summed E-state index contributed by atoms with van der Waals surface area (Å²) in [7, 11) is 1.84. The lowest BCUT2D eigenvalue weighted by Crippen LogP contribution is -2.16. The molecule has 18 heavy (non-hydrogen) atoms. The Morgan fingerprint density at radius 3 is 2.17 bits per heavy atom. The van der Waals surface area contributed by atoms with E-state index in [0.717, 1.165) is 11.3 Å². The molecule has 1 unspecified atom stereocenters. The van der Waals surface area contributed by atoms with Crippen molar-refractivity contribution in [1.29, 1.82) is 0 Å². The maximum absolute atomic E-state index is 6.26. The fraction of sp³-hybridized carbons (Fsp3) is 0.385. The zero-order valence-corrected chi connectivity index (χ0v) is 12.3. The minimum atomic E-state index is -0.222. The van der Waals surface area contributed by atoms with Crippen molar-refractivity contribution in [2.75, 3.05) is 0 Å². The van der Waals surface area contributed by atoms with E-state index in [4.69, 9.17) is 5.73 Å². The van der Waals surface area contributed by atoms with Crippen LogP contribution in [0.25, 0.3) is 0 Å². The molecule has 0 aliphatic rings. The Balaban J connectivity index is 2.32. The van der Waals surface area contributed by atoms with E-state index >= 15 is 0 Å². The molecule has 5 heteroatoms. The largest absolute Gasteiger partial charge is 0.319 e. The number of hydrogen-bond donors (Lipinski definition) is 1. The normalized spacial score (nSPS) is 13.0. The first-order valence-electron chi connectivity index (χ1n) is 5.91. The second-order valence-corrected chi connectivity index (χ2v) is 5.44. The van der Waals surface area contributed by atoms with Gasteiger partial charge in [-0.05, 0) is 33.0 Å². The average molecular weight is 309 g/mol. The molecule has 1 heterocycles. The monoisotopic (exact) mass is 308 g/mol. The quantitative estimate of drug-likeness (QED) is 0.948. The van der Waals surface area contributed by atoms with Crippen LogP contribution in [-0.2, 0) is 7.05 Å². The summed E-state index contributed by atoms with van der Waals surface area (Å²) in [5.41, 5.74) is 9.51. The number of benzene rings is 1. The van der Waals surface area contributed by atoms with E-state index in [0.29, 0.717) is 10.5 Å². The van der Waals surface area contributed by atoms with Gasteiger partial charge in [-0.2, -0.15) is 0 Å². The summed E-state index contributed by atoms with van der Waals surface area (Å²) in [6.45, 7) is 4.35. The van der Waals surface area contributed by atoms with Crippen molar-refractivity contribution >= 4 is 15.9 Å². The second kappa shape index (κ2) is 5.20. The van der Waals surface area contributed by atoms with Crippen molar-refractivity contribution in [2.45, 2.75) is 25.8 Å². The standard InChI is InChI=1S/C13H17BrN4/c1-8(2)9-4-6-10(7-5-9)11(15)12-13(14)16-17-18(12)3/h4-8,11H,15H2,1-3H3. The highest BCUT2D eigenvalue weighted by Crippen LogP contribution is 2.25. The zero-order valence-electron chi connectivity index (χ0n) is 10.8. The van der Waals surface area contributed by atoms with Gasteiger partial charge in [0.05, 0.1) is 11.7 Å². The summed E-state index contributed by atoms with van der Waals surface area (Å²) in [6, 6.07) is 8.16. The molecule has 1 aromatic carbocycles. The first kappa shape index (κ1) is 13.2. The SMILES string of the molecule is CC(C)c1ccc(C(N)c2c(Br)nnn2C)cc1. The van der Waals surface area contributed by atoms with E-state index in [9.17, 15) is 0 Å². The fourth-order valence-electron chi connectivity index (χ4n) is 1.91. The van der Waals surface area contributed by atoms with Gasteiger partial charge < -0.3 is 5.73 Å². The van der Waals surface area contributed by atoms with E-state index in [1.54, 1.807) is 4.68 Å². The molecule has 0 bridgehead atoms. The predicted octanol–water partition coefficient (Wildman–Crippen LogP) is 2.75. The fourth-order valence-corrected chi connectivity index (χ4v) is 2.49. The average Bonchev–Trinajstić information content (AvgIpc) is 2.68. The zero-order chi connectivity index (χ0) is 13.3. The van der Waals surface area contributed by atoms with Gasteiger partial charge in [-0.15, -0.1) is 5.10 Å². The van der Waals surface area contributed by atoms with Gasteiger partial charge in [-0.3, -0.25) is 0 Å². The van der Waals surface area contributed by atoms with Crippen molar-refractivity contribution in [2.24, 2.45) is 12.8 Å². The molecule has 2 rings (SSSR count). The highest BCUT2D eigenvalue weighted by Gasteiger charge is 2.18. The highest BCUT2D eigenvalue weighted by atomic mass is 79.9. The Labute approximate surface area is 115 Å². The summed E-state index contributed by atoms with van der Waals surface area (Å²) < 4.78 is 2.40. The molecule has 0 aliphatic heterocycles. The molecule has 4 nitrogen and oxygen atoms in total. The Morgan fingerprint density at radius 2 is 1.72 bits per heavy atom. The van der Waals surface area contributed by atoms with Gasteiger partial charge >= 0.3 is 0 Å². The minimum absolute atomic E-state index is 0.222. The van der Waals surface area contributed by atoms with Crippen LogP contribution in [0.2, 0.25) is 0 Å². The maximum Gasteiger partial charge on any atom is 0.153 e. The summed E-state index contributed by atoms with van der Waals surface area (Å²) in [5, 5.41) is 7.91. The molecular formula is C13H17BrN4. The van der Waals surface area contributed by atoms with Crippen LogP contribution in [0.4, 0.5) is 0 Å². The lowest BCUT2D eigenvalue weighted by molar-refractivity contribution is 0.650. The summed E-state index contributed by atoms with van der Waals surface area (Å²) >= 11 is 3.38. The van der Waals surface area contributed by atoms with Gasteiger partial charge in [0.1, 0.15) is 0 Å². The molecule has 0 aliphatic carbocycles. The first-order valence-corrected chi connectivity index (χ1v) is 6.70. The topological polar surface area (TPSA) is 56.7 Å². The molecule has 2 aromatic rings. The van der Waals surface area contributed by atoms with Crippen LogP contribution >= 0.6 is 15.9 Å². The first-order chi connectivity index (χ1) is 8.50. The summed E-state index contributed by atoms with van der Waals surface area (Å²) in [5.74, 6) is 0.528. The lowest BCUT2D eigenvalue weighted by atomic mass is 9.98. The number of nitrogens with two attached hydrogens (primary N) is 1. The number of rotatable bonds is 3. The van der Waals surface area contributed by atoms with Crippen LogP contribution in [0.15, 0.2) is 28.9 Å². The van der Waals surface area contributed by atoms with Crippen LogP contribution < -0.4 is 5.73 Å². The molecule has 0 fully saturated rings. The third-order valence-electron chi connectivity index (χ3n) is 3.08. The predicted molar refractivity (Wildman–Crippen MR) is 75.3 cm³/mol. The molecule has 0 radical (unpaired) electrons. The third kappa shape index (κ3) is 2.47. The van der Waals surface area contributed by atoms with E-state index < -0.39 is 0 Å². The molecule has 1 atom stereocenters. The lowest BCUT2D eigenvalue weighted by Gasteiger charge is -2.14. The van der Waals surface area contributed by atoms with Gasteiger partial charge in [-0.25, -0.2) is 4.68 Å². The number of nitrogens with zero attached hydrogens (tertiary/aromatic N) is 3. The van der Waals surface area contributed by atoms with Crippen LogP contribution in [0.5, 0.6) is 0 Å².